The molecule has 0 spiro atoms. The van der Waals surface area contributed by atoms with Crippen LogP contribution in [0.5, 0.6) is 5.75 Å². The molecular weight excluding hydrogens is 247 g/mol. The highest BCUT2D eigenvalue weighted by Crippen LogP contribution is 2.10. The van der Waals surface area contributed by atoms with Gasteiger partial charge in [-0.15, -0.1) is 0 Å². The first-order valence-electron chi connectivity index (χ1n) is 6.20. The van der Waals surface area contributed by atoms with Gasteiger partial charge in [-0.3, -0.25) is 0 Å². The van der Waals surface area contributed by atoms with Crippen molar-refractivity contribution in [3.8, 4) is 29.4 Å². The molecule has 0 heterocycles. The van der Waals surface area contributed by atoms with Gasteiger partial charge in [0.05, 0.1) is 0 Å². The predicted octanol–water partition coefficient (Wildman–Crippen LogP) is 2.04. The highest BCUT2D eigenvalue weighted by atomic mass is 16.5. The Hall–Kier alpha value is -2.62. The van der Waals surface area contributed by atoms with Gasteiger partial charge in [-0.25, -0.2) is 0 Å². The molecule has 2 aromatic carbocycles. The summed E-state index contributed by atoms with van der Waals surface area (Å²) in [5.41, 5.74) is 3.02. The molecule has 1 N–H and O–H groups in total. The summed E-state index contributed by atoms with van der Waals surface area (Å²) in [6, 6.07) is 15.2. The van der Waals surface area contributed by atoms with Gasteiger partial charge >= 0.3 is 7.69 Å². The van der Waals surface area contributed by atoms with Crippen LogP contribution in [0.4, 0.5) is 0 Å². The molecule has 0 aliphatic carbocycles. The molecule has 0 fully saturated rings. The van der Waals surface area contributed by atoms with E-state index < -0.39 is 0 Å². The molecule has 0 aliphatic heterocycles. The molecule has 2 rings (SSSR count). The zero-order chi connectivity index (χ0) is 14.2. The maximum atomic E-state index is 8.62. The van der Waals surface area contributed by atoms with Crippen LogP contribution in [0, 0.1) is 30.6 Å². The topological polar surface area (TPSA) is 29.5 Å². The Morgan fingerprint density at radius 1 is 0.850 bits per heavy atom. The fraction of sp³-hybridized carbons (Fsp3) is 0.0588. The quantitative estimate of drug-likeness (QED) is 0.661. The summed E-state index contributed by atoms with van der Waals surface area (Å²) in [5.74, 6) is 12.2. The highest BCUT2D eigenvalue weighted by Gasteiger charge is 1.92. The van der Waals surface area contributed by atoms with Gasteiger partial charge in [-0.05, 0) is 55.2 Å². The molecule has 0 aromatic heterocycles. The smallest absolute Gasteiger partial charge is 0.504 e. The van der Waals surface area contributed by atoms with Crippen molar-refractivity contribution in [3.05, 3.63) is 65.2 Å². The summed E-state index contributed by atoms with van der Waals surface area (Å²) in [4.78, 5) is 0. The van der Waals surface area contributed by atoms with Gasteiger partial charge in [0.2, 0.25) is 0 Å². The molecule has 0 bridgehead atoms. The SMILES string of the molecule is Cc1ccc(C#CC#Cc2ccc(OBO)cc2)cc1. The molecule has 20 heavy (non-hydrogen) atoms. The van der Waals surface area contributed by atoms with E-state index in [0.29, 0.717) is 5.75 Å². The molecule has 0 saturated carbocycles. The Morgan fingerprint density at radius 3 is 1.85 bits per heavy atom. The van der Waals surface area contributed by atoms with Crippen molar-refractivity contribution in [2.24, 2.45) is 0 Å². The molecule has 0 atom stereocenters. The van der Waals surface area contributed by atoms with Crippen LogP contribution < -0.4 is 4.65 Å². The van der Waals surface area contributed by atoms with Crippen LogP contribution in [-0.4, -0.2) is 12.7 Å². The van der Waals surface area contributed by atoms with E-state index in [1.54, 1.807) is 12.1 Å². The Morgan fingerprint density at radius 2 is 1.35 bits per heavy atom. The first kappa shape index (κ1) is 13.8. The minimum absolute atomic E-state index is 0.326. The van der Waals surface area contributed by atoms with Crippen LogP contribution >= 0.6 is 0 Å². The zero-order valence-corrected chi connectivity index (χ0v) is 11.2. The molecule has 0 radical (unpaired) electrons. The van der Waals surface area contributed by atoms with Gasteiger partial charge < -0.3 is 9.68 Å². The third-order valence-corrected chi connectivity index (χ3v) is 2.61. The Bertz CT molecular complexity index is 680. The molecule has 96 valence electrons. The summed E-state index contributed by atoms with van der Waals surface area (Å²) >= 11 is 0. The molecule has 0 amide bonds. The minimum Gasteiger partial charge on any atom is -0.539 e. The van der Waals surface area contributed by atoms with Gasteiger partial charge in [0.25, 0.3) is 0 Å². The molecule has 2 aromatic rings. The fourth-order valence-corrected chi connectivity index (χ4v) is 1.55. The monoisotopic (exact) mass is 260 g/mol. The van der Waals surface area contributed by atoms with Crippen LogP contribution in [0.3, 0.4) is 0 Å². The van der Waals surface area contributed by atoms with Crippen LogP contribution in [0.15, 0.2) is 48.5 Å². The first-order valence-corrected chi connectivity index (χ1v) is 6.20. The summed E-state index contributed by atoms with van der Waals surface area (Å²) < 4.78 is 4.93. The van der Waals surface area contributed by atoms with Crippen LogP contribution in [0.25, 0.3) is 0 Å². The Labute approximate surface area is 119 Å². The number of hydrogen-bond acceptors (Lipinski definition) is 2. The average Bonchev–Trinajstić information content (AvgIpc) is 2.47. The highest BCUT2D eigenvalue weighted by molar-refractivity contribution is 6.17. The van der Waals surface area contributed by atoms with Gasteiger partial charge in [0, 0.05) is 11.1 Å². The zero-order valence-electron chi connectivity index (χ0n) is 11.2. The molecule has 0 saturated heterocycles. The van der Waals surface area contributed by atoms with Crippen LogP contribution in [-0.2, 0) is 0 Å². The maximum Gasteiger partial charge on any atom is 0.504 e. The van der Waals surface area contributed by atoms with Gasteiger partial charge in [0.1, 0.15) is 5.75 Å². The van der Waals surface area contributed by atoms with Crippen molar-refractivity contribution < 1.29 is 9.68 Å². The van der Waals surface area contributed by atoms with E-state index >= 15 is 0 Å². The lowest BCUT2D eigenvalue weighted by molar-refractivity contribution is 0.454. The van der Waals surface area contributed by atoms with Crippen LogP contribution in [0.1, 0.15) is 16.7 Å². The van der Waals surface area contributed by atoms with Crippen molar-refractivity contribution in [3.63, 3.8) is 0 Å². The van der Waals surface area contributed by atoms with E-state index in [1.165, 1.54) is 5.56 Å². The molecule has 0 unspecified atom stereocenters. The normalized spacial score (nSPS) is 8.70. The van der Waals surface area contributed by atoms with E-state index in [0.717, 1.165) is 11.1 Å². The second kappa shape index (κ2) is 7.09. The van der Waals surface area contributed by atoms with Gasteiger partial charge in [-0.1, -0.05) is 29.5 Å². The third-order valence-electron chi connectivity index (χ3n) is 2.61. The van der Waals surface area contributed by atoms with Crippen molar-refractivity contribution in [1.29, 1.82) is 0 Å². The summed E-state index contributed by atoms with van der Waals surface area (Å²) in [6.45, 7) is 2.04. The lowest BCUT2D eigenvalue weighted by atomic mass is 10.1. The predicted molar refractivity (Wildman–Crippen MR) is 81.4 cm³/mol. The van der Waals surface area contributed by atoms with Crippen molar-refractivity contribution >= 4 is 7.69 Å². The summed E-state index contributed by atoms with van der Waals surface area (Å²) in [5, 5.41) is 8.62. The molecule has 3 heteroatoms. The third kappa shape index (κ3) is 4.25. The van der Waals surface area contributed by atoms with Crippen molar-refractivity contribution in [1.82, 2.24) is 0 Å². The van der Waals surface area contributed by atoms with E-state index in [2.05, 4.69) is 23.7 Å². The minimum atomic E-state index is -0.326. The Kier molecular flexibility index (Phi) is 4.90. The number of aryl methyl sites for hydroxylation is 1. The fourth-order valence-electron chi connectivity index (χ4n) is 1.55. The summed E-state index contributed by atoms with van der Waals surface area (Å²) in [6.07, 6.45) is 0. The second-order valence-corrected chi connectivity index (χ2v) is 4.16. The average molecular weight is 260 g/mol. The van der Waals surface area contributed by atoms with E-state index in [-0.39, 0.29) is 7.69 Å². The van der Waals surface area contributed by atoms with Gasteiger partial charge in [-0.2, -0.15) is 0 Å². The van der Waals surface area contributed by atoms with Crippen LogP contribution in [0.2, 0.25) is 0 Å². The second-order valence-electron chi connectivity index (χ2n) is 4.16. The Balaban J connectivity index is 2.02. The molecule has 2 nitrogen and oxygen atoms in total. The first-order chi connectivity index (χ1) is 9.78. The van der Waals surface area contributed by atoms with E-state index in [9.17, 15) is 0 Å². The van der Waals surface area contributed by atoms with E-state index in [1.807, 2.05) is 43.3 Å². The number of rotatable bonds is 2. The van der Waals surface area contributed by atoms with Crippen molar-refractivity contribution in [2.45, 2.75) is 6.92 Å². The molecular formula is C17H13BO2. The number of benzene rings is 2. The largest absolute Gasteiger partial charge is 0.539 e. The maximum absolute atomic E-state index is 8.62. The number of hydrogen-bond donors (Lipinski definition) is 1. The standard InChI is InChI=1S/C17H13BO2/c1-14-6-8-15(9-7-14)4-2-3-5-16-10-12-17(13-11-16)20-18-19/h6-13,18-19H,1H3. The van der Waals surface area contributed by atoms with Crippen molar-refractivity contribution in [2.75, 3.05) is 0 Å². The molecule has 0 aliphatic rings. The lowest BCUT2D eigenvalue weighted by Crippen LogP contribution is -1.99. The summed E-state index contributed by atoms with van der Waals surface area (Å²) in [7, 11) is -0.326. The van der Waals surface area contributed by atoms with E-state index in [4.69, 9.17) is 9.68 Å². The van der Waals surface area contributed by atoms with Gasteiger partial charge in [0.15, 0.2) is 0 Å². The lowest BCUT2D eigenvalue weighted by Gasteiger charge is -1.99.